The number of methoxy groups -OCH3 is 1. The largest absolute Gasteiger partial charge is 0.498 e. The van der Waals surface area contributed by atoms with Crippen LogP contribution in [0.1, 0.15) is 70.1 Å². The summed E-state index contributed by atoms with van der Waals surface area (Å²) in [5, 5.41) is 0. The first-order chi connectivity index (χ1) is 13.5. The number of benzene rings is 1. The summed E-state index contributed by atoms with van der Waals surface area (Å²) in [6.45, 7) is 5.98. The molecule has 1 aliphatic heterocycles. The third kappa shape index (κ3) is 6.33. The fourth-order valence-electron chi connectivity index (χ4n) is 3.27. The topological polar surface area (TPSA) is 27.7 Å². The van der Waals surface area contributed by atoms with E-state index in [-0.39, 0.29) is 24.2 Å². The summed E-state index contributed by atoms with van der Waals surface area (Å²) in [6.07, 6.45) is 6.15. The maximum absolute atomic E-state index is 14.0. The average molecular weight is 395 g/mol. The molecular formula is C23H32F2O3. The zero-order chi connectivity index (χ0) is 20.5. The van der Waals surface area contributed by atoms with Gasteiger partial charge in [-0.3, -0.25) is 0 Å². The van der Waals surface area contributed by atoms with Gasteiger partial charge < -0.3 is 14.2 Å². The SMILES string of the molecule is CCCCC1CCC(c2ccc(CO/C(C)=C(F)/C(F)=C(\C)OC)cc2)OC1. The van der Waals surface area contributed by atoms with Gasteiger partial charge >= 0.3 is 0 Å². The van der Waals surface area contributed by atoms with Crippen molar-refractivity contribution in [1.82, 2.24) is 0 Å². The predicted octanol–water partition coefficient (Wildman–Crippen LogP) is 6.91. The van der Waals surface area contributed by atoms with Crippen molar-refractivity contribution >= 4 is 0 Å². The Morgan fingerprint density at radius 2 is 1.75 bits per heavy atom. The van der Waals surface area contributed by atoms with Crippen LogP contribution in [-0.4, -0.2) is 13.7 Å². The van der Waals surface area contributed by atoms with Crippen molar-refractivity contribution in [3.63, 3.8) is 0 Å². The molecule has 0 saturated carbocycles. The van der Waals surface area contributed by atoms with Crippen molar-refractivity contribution in [2.24, 2.45) is 5.92 Å². The summed E-state index contributed by atoms with van der Waals surface area (Å²) in [5.41, 5.74) is 2.04. The van der Waals surface area contributed by atoms with Gasteiger partial charge in [-0.05, 0) is 50.2 Å². The van der Waals surface area contributed by atoms with Crippen LogP contribution in [0.15, 0.2) is 47.4 Å². The number of allylic oxidation sites excluding steroid dienone is 4. The number of rotatable bonds is 9. The van der Waals surface area contributed by atoms with E-state index in [1.165, 1.54) is 46.6 Å². The van der Waals surface area contributed by atoms with E-state index in [9.17, 15) is 8.78 Å². The highest BCUT2D eigenvalue weighted by molar-refractivity contribution is 5.26. The van der Waals surface area contributed by atoms with Gasteiger partial charge in [-0.15, -0.1) is 0 Å². The van der Waals surface area contributed by atoms with E-state index in [4.69, 9.17) is 14.2 Å². The molecular weight excluding hydrogens is 362 g/mol. The van der Waals surface area contributed by atoms with E-state index in [2.05, 4.69) is 6.92 Å². The fraction of sp³-hybridized carbons (Fsp3) is 0.565. The molecule has 2 atom stereocenters. The molecule has 2 rings (SSSR count). The predicted molar refractivity (Wildman–Crippen MR) is 107 cm³/mol. The Kier molecular flexibility index (Phi) is 8.97. The van der Waals surface area contributed by atoms with Gasteiger partial charge in [-0.25, -0.2) is 0 Å². The van der Waals surface area contributed by atoms with Crippen molar-refractivity contribution in [1.29, 1.82) is 0 Å². The van der Waals surface area contributed by atoms with Gasteiger partial charge in [0.2, 0.25) is 0 Å². The second-order valence-corrected chi connectivity index (χ2v) is 7.38. The lowest BCUT2D eigenvalue weighted by molar-refractivity contribution is -0.0198. The molecule has 28 heavy (non-hydrogen) atoms. The standard InChI is InChI=1S/C23H32F2O3/c1-5-6-7-18-10-13-21(28-15-18)20-11-8-19(9-12-20)14-27-17(3)23(25)22(24)16(2)26-4/h8-9,11-12,18,21H,5-7,10,13-15H2,1-4H3/b22-16-,23-17-. The van der Waals surface area contributed by atoms with E-state index >= 15 is 0 Å². The number of hydrogen-bond donors (Lipinski definition) is 0. The molecule has 0 radical (unpaired) electrons. The van der Waals surface area contributed by atoms with Gasteiger partial charge in [0.25, 0.3) is 0 Å². The van der Waals surface area contributed by atoms with Crippen LogP contribution in [0, 0.1) is 5.92 Å². The molecule has 0 spiro atoms. The van der Waals surface area contributed by atoms with Gasteiger partial charge in [-0.2, -0.15) is 8.78 Å². The normalized spacial score (nSPS) is 21.6. The molecule has 0 aliphatic carbocycles. The number of unbranched alkanes of at least 4 members (excludes halogenated alkanes) is 1. The molecule has 1 fully saturated rings. The van der Waals surface area contributed by atoms with Crippen LogP contribution in [0.2, 0.25) is 0 Å². The maximum atomic E-state index is 14.0. The van der Waals surface area contributed by atoms with Crippen LogP contribution >= 0.6 is 0 Å². The Labute approximate surface area is 167 Å². The molecule has 156 valence electrons. The van der Waals surface area contributed by atoms with E-state index in [0.717, 1.165) is 24.2 Å². The zero-order valence-corrected chi connectivity index (χ0v) is 17.4. The summed E-state index contributed by atoms with van der Waals surface area (Å²) < 4.78 is 43.9. The first-order valence-corrected chi connectivity index (χ1v) is 10.1. The molecule has 1 saturated heterocycles. The molecule has 1 aromatic rings. The Hall–Kier alpha value is -1.88. The summed E-state index contributed by atoms with van der Waals surface area (Å²) in [4.78, 5) is 0. The van der Waals surface area contributed by atoms with E-state index in [0.29, 0.717) is 5.92 Å². The van der Waals surface area contributed by atoms with Crippen LogP contribution < -0.4 is 0 Å². The van der Waals surface area contributed by atoms with Crippen molar-refractivity contribution in [3.05, 3.63) is 58.6 Å². The summed E-state index contributed by atoms with van der Waals surface area (Å²) in [7, 11) is 1.29. The van der Waals surface area contributed by atoms with E-state index in [1.807, 2.05) is 24.3 Å². The molecule has 0 aromatic heterocycles. The van der Waals surface area contributed by atoms with Gasteiger partial charge in [0.1, 0.15) is 18.1 Å². The molecule has 0 N–H and O–H groups in total. The second-order valence-electron chi connectivity index (χ2n) is 7.38. The summed E-state index contributed by atoms with van der Waals surface area (Å²) in [5.74, 6) is -1.61. The molecule has 1 aliphatic rings. The molecule has 2 unspecified atom stereocenters. The Balaban J connectivity index is 1.88. The van der Waals surface area contributed by atoms with Crippen LogP contribution in [0.3, 0.4) is 0 Å². The molecule has 0 amide bonds. The molecule has 1 heterocycles. The van der Waals surface area contributed by atoms with E-state index in [1.54, 1.807) is 0 Å². The molecule has 1 aromatic carbocycles. The van der Waals surface area contributed by atoms with Crippen LogP contribution in [0.4, 0.5) is 8.78 Å². The van der Waals surface area contributed by atoms with Crippen molar-refractivity contribution in [3.8, 4) is 0 Å². The lowest BCUT2D eigenvalue weighted by Gasteiger charge is -2.29. The fourth-order valence-corrected chi connectivity index (χ4v) is 3.27. The van der Waals surface area contributed by atoms with Gasteiger partial charge in [-0.1, -0.05) is 44.0 Å². The van der Waals surface area contributed by atoms with Crippen LogP contribution in [-0.2, 0) is 20.8 Å². The number of ether oxygens (including phenoxy) is 3. The smallest absolute Gasteiger partial charge is 0.199 e. The second kappa shape index (κ2) is 11.2. The van der Waals surface area contributed by atoms with Gasteiger partial charge in [0.05, 0.1) is 19.8 Å². The van der Waals surface area contributed by atoms with Crippen LogP contribution in [0.25, 0.3) is 0 Å². The lowest BCUT2D eigenvalue weighted by atomic mass is 9.91. The first kappa shape index (κ1) is 22.4. The quantitative estimate of drug-likeness (QED) is 0.336. The minimum Gasteiger partial charge on any atom is -0.498 e. The average Bonchev–Trinajstić information content (AvgIpc) is 2.75. The first-order valence-electron chi connectivity index (χ1n) is 10.1. The Morgan fingerprint density at radius 3 is 2.32 bits per heavy atom. The highest BCUT2D eigenvalue weighted by Crippen LogP contribution is 2.32. The minimum atomic E-state index is -1.04. The van der Waals surface area contributed by atoms with E-state index < -0.39 is 11.7 Å². The number of hydrogen-bond acceptors (Lipinski definition) is 3. The van der Waals surface area contributed by atoms with Crippen molar-refractivity contribution in [2.45, 2.75) is 65.6 Å². The highest BCUT2D eigenvalue weighted by atomic mass is 19.2. The third-order valence-electron chi connectivity index (χ3n) is 5.26. The molecule has 3 nitrogen and oxygen atoms in total. The highest BCUT2D eigenvalue weighted by Gasteiger charge is 2.22. The third-order valence-corrected chi connectivity index (χ3v) is 5.26. The monoisotopic (exact) mass is 394 g/mol. The van der Waals surface area contributed by atoms with Crippen molar-refractivity contribution < 1.29 is 23.0 Å². The summed E-state index contributed by atoms with van der Waals surface area (Å²) in [6, 6.07) is 7.95. The summed E-state index contributed by atoms with van der Waals surface area (Å²) >= 11 is 0. The van der Waals surface area contributed by atoms with Gasteiger partial charge in [0.15, 0.2) is 11.7 Å². The Morgan fingerprint density at radius 1 is 1.07 bits per heavy atom. The van der Waals surface area contributed by atoms with Crippen molar-refractivity contribution in [2.75, 3.05) is 13.7 Å². The maximum Gasteiger partial charge on any atom is 0.199 e. The minimum absolute atomic E-state index is 0.105. The molecule has 0 bridgehead atoms. The number of halogens is 2. The zero-order valence-electron chi connectivity index (χ0n) is 17.4. The van der Waals surface area contributed by atoms with Crippen LogP contribution in [0.5, 0.6) is 0 Å². The lowest BCUT2D eigenvalue weighted by Crippen LogP contribution is -2.20. The van der Waals surface area contributed by atoms with Gasteiger partial charge in [0, 0.05) is 0 Å². The Bertz CT molecular complexity index is 672. The molecule has 5 heteroatoms.